The highest BCUT2D eigenvalue weighted by molar-refractivity contribution is 5.94. The minimum atomic E-state index is -0.690. The number of benzene rings is 2. The minimum absolute atomic E-state index is 0.248. The van der Waals surface area contributed by atoms with Crippen molar-refractivity contribution < 1.29 is 9.18 Å². The number of hydrogen-bond acceptors (Lipinski definition) is 2. The Balaban J connectivity index is 2.24. The maximum Gasteiger partial charge on any atom is 0.252 e. The molecule has 3 N–H and O–H groups in total. The molecule has 20 heavy (non-hydrogen) atoms. The summed E-state index contributed by atoms with van der Waals surface area (Å²) in [5.41, 5.74) is 6.30. The van der Waals surface area contributed by atoms with Gasteiger partial charge in [-0.25, -0.2) is 4.39 Å². The van der Waals surface area contributed by atoms with E-state index in [1.165, 1.54) is 18.2 Å². The van der Waals surface area contributed by atoms with E-state index in [0.29, 0.717) is 0 Å². The van der Waals surface area contributed by atoms with E-state index in [2.05, 4.69) is 5.32 Å². The lowest BCUT2D eigenvalue weighted by Crippen LogP contribution is -2.48. The predicted molar refractivity (Wildman–Crippen MR) is 76.7 cm³/mol. The fraction of sp³-hybridized carbons (Fsp3) is 0.188. The highest BCUT2D eigenvalue weighted by Gasteiger charge is 2.27. The average molecular weight is 272 g/mol. The SMILES string of the molecule is CC(CN)(NC(=O)c1cccc(F)c1)c1ccccc1. The van der Waals surface area contributed by atoms with Gasteiger partial charge in [0, 0.05) is 12.1 Å². The van der Waals surface area contributed by atoms with Gasteiger partial charge in [-0.1, -0.05) is 36.4 Å². The van der Waals surface area contributed by atoms with Gasteiger partial charge in [0.25, 0.3) is 5.91 Å². The Kier molecular flexibility index (Phi) is 4.15. The van der Waals surface area contributed by atoms with Gasteiger partial charge in [0.15, 0.2) is 0 Å². The Morgan fingerprint density at radius 2 is 1.90 bits per heavy atom. The highest BCUT2D eigenvalue weighted by atomic mass is 19.1. The molecule has 1 unspecified atom stereocenters. The summed E-state index contributed by atoms with van der Waals surface area (Å²) in [4.78, 5) is 12.2. The first-order valence-corrected chi connectivity index (χ1v) is 6.39. The maximum atomic E-state index is 13.2. The molecule has 1 atom stereocenters. The number of carbonyl (C=O) groups excluding carboxylic acids is 1. The Labute approximate surface area is 117 Å². The smallest absolute Gasteiger partial charge is 0.252 e. The summed E-state index contributed by atoms with van der Waals surface area (Å²) in [6.07, 6.45) is 0. The average Bonchev–Trinajstić information content (AvgIpc) is 2.48. The third-order valence-electron chi connectivity index (χ3n) is 3.30. The lowest BCUT2D eigenvalue weighted by molar-refractivity contribution is 0.0907. The molecule has 0 aliphatic carbocycles. The summed E-state index contributed by atoms with van der Waals surface area (Å²) in [6.45, 7) is 2.09. The molecular weight excluding hydrogens is 255 g/mol. The number of nitrogens with one attached hydrogen (secondary N) is 1. The number of rotatable bonds is 4. The molecule has 3 nitrogen and oxygen atoms in total. The van der Waals surface area contributed by atoms with Crippen molar-refractivity contribution in [3.8, 4) is 0 Å². The van der Waals surface area contributed by atoms with Gasteiger partial charge in [0.2, 0.25) is 0 Å². The van der Waals surface area contributed by atoms with E-state index in [-0.39, 0.29) is 18.0 Å². The van der Waals surface area contributed by atoms with Crippen LogP contribution in [0.25, 0.3) is 0 Å². The molecule has 104 valence electrons. The monoisotopic (exact) mass is 272 g/mol. The topological polar surface area (TPSA) is 55.1 Å². The van der Waals surface area contributed by atoms with Crippen LogP contribution in [0.15, 0.2) is 54.6 Å². The van der Waals surface area contributed by atoms with Gasteiger partial charge in [-0.15, -0.1) is 0 Å². The Morgan fingerprint density at radius 1 is 1.20 bits per heavy atom. The van der Waals surface area contributed by atoms with Crippen LogP contribution in [0.1, 0.15) is 22.8 Å². The number of carbonyl (C=O) groups is 1. The third-order valence-corrected chi connectivity index (χ3v) is 3.30. The second-order valence-electron chi connectivity index (χ2n) is 4.87. The minimum Gasteiger partial charge on any atom is -0.342 e. The van der Waals surface area contributed by atoms with E-state index in [1.54, 1.807) is 6.07 Å². The van der Waals surface area contributed by atoms with Gasteiger partial charge in [-0.3, -0.25) is 4.79 Å². The summed E-state index contributed by atoms with van der Waals surface area (Å²) in [6, 6.07) is 15.1. The van der Waals surface area contributed by atoms with E-state index >= 15 is 0 Å². The van der Waals surface area contributed by atoms with Crippen molar-refractivity contribution in [3.63, 3.8) is 0 Å². The molecule has 0 aromatic heterocycles. The van der Waals surface area contributed by atoms with Crippen molar-refractivity contribution in [2.24, 2.45) is 5.73 Å². The van der Waals surface area contributed by atoms with Gasteiger partial charge >= 0.3 is 0 Å². The van der Waals surface area contributed by atoms with Gasteiger partial charge < -0.3 is 11.1 Å². The molecule has 2 aromatic rings. The number of amides is 1. The standard InChI is InChI=1S/C16H17FN2O/c1-16(11-18,13-7-3-2-4-8-13)19-15(20)12-6-5-9-14(17)10-12/h2-10H,11,18H2,1H3,(H,19,20). The lowest BCUT2D eigenvalue weighted by Gasteiger charge is -2.30. The number of nitrogens with two attached hydrogens (primary N) is 1. The molecule has 2 aromatic carbocycles. The fourth-order valence-electron chi connectivity index (χ4n) is 2.00. The van der Waals surface area contributed by atoms with E-state index in [0.717, 1.165) is 5.56 Å². The van der Waals surface area contributed by atoms with Gasteiger partial charge in [0.05, 0.1) is 5.54 Å². The van der Waals surface area contributed by atoms with Crippen molar-refractivity contribution in [2.45, 2.75) is 12.5 Å². The van der Waals surface area contributed by atoms with Crippen LogP contribution in [-0.4, -0.2) is 12.5 Å². The van der Waals surface area contributed by atoms with E-state index < -0.39 is 11.4 Å². The van der Waals surface area contributed by atoms with Gasteiger partial charge in [0.1, 0.15) is 5.82 Å². The molecule has 0 spiro atoms. The summed E-state index contributed by atoms with van der Waals surface area (Å²) in [5, 5.41) is 2.87. The normalized spacial score (nSPS) is 13.6. The molecule has 2 rings (SSSR count). The Bertz CT molecular complexity index is 600. The molecule has 0 saturated heterocycles. The Morgan fingerprint density at radius 3 is 2.50 bits per heavy atom. The number of halogens is 1. The first kappa shape index (κ1) is 14.2. The Hall–Kier alpha value is -2.20. The summed E-state index contributed by atoms with van der Waals surface area (Å²) < 4.78 is 13.2. The van der Waals surface area contributed by atoms with Gasteiger partial charge in [-0.05, 0) is 30.7 Å². The molecule has 0 saturated carbocycles. The van der Waals surface area contributed by atoms with Crippen LogP contribution < -0.4 is 11.1 Å². The zero-order chi connectivity index (χ0) is 14.6. The van der Waals surface area contributed by atoms with Crippen LogP contribution in [0.4, 0.5) is 4.39 Å². The molecule has 0 bridgehead atoms. The van der Waals surface area contributed by atoms with Gasteiger partial charge in [-0.2, -0.15) is 0 Å². The zero-order valence-electron chi connectivity index (χ0n) is 11.3. The van der Waals surface area contributed by atoms with E-state index in [1.807, 2.05) is 37.3 Å². The summed E-state index contributed by atoms with van der Waals surface area (Å²) in [7, 11) is 0. The predicted octanol–water partition coefficient (Wildman–Crippen LogP) is 2.43. The quantitative estimate of drug-likeness (QED) is 0.898. The van der Waals surface area contributed by atoms with Crippen molar-refractivity contribution in [1.29, 1.82) is 0 Å². The molecule has 0 aliphatic heterocycles. The van der Waals surface area contributed by atoms with Crippen LogP contribution in [0.3, 0.4) is 0 Å². The second kappa shape index (κ2) is 5.84. The number of hydrogen-bond donors (Lipinski definition) is 2. The highest BCUT2D eigenvalue weighted by Crippen LogP contribution is 2.20. The van der Waals surface area contributed by atoms with Crippen LogP contribution in [0.2, 0.25) is 0 Å². The first-order chi connectivity index (χ1) is 9.55. The fourth-order valence-corrected chi connectivity index (χ4v) is 2.00. The molecule has 0 aliphatic rings. The molecular formula is C16H17FN2O. The maximum absolute atomic E-state index is 13.2. The zero-order valence-corrected chi connectivity index (χ0v) is 11.3. The third kappa shape index (κ3) is 3.03. The molecule has 1 amide bonds. The van der Waals surface area contributed by atoms with Crippen molar-refractivity contribution in [3.05, 3.63) is 71.5 Å². The second-order valence-corrected chi connectivity index (χ2v) is 4.87. The van der Waals surface area contributed by atoms with E-state index in [4.69, 9.17) is 5.73 Å². The largest absolute Gasteiger partial charge is 0.342 e. The van der Waals surface area contributed by atoms with Crippen LogP contribution in [0, 0.1) is 5.82 Å². The van der Waals surface area contributed by atoms with Crippen LogP contribution in [-0.2, 0) is 5.54 Å². The van der Waals surface area contributed by atoms with Crippen molar-refractivity contribution >= 4 is 5.91 Å². The van der Waals surface area contributed by atoms with E-state index in [9.17, 15) is 9.18 Å². The molecule has 0 fully saturated rings. The molecule has 0 heterocycles. The lowest BCUT2D eigenvalue weighted by atomic mass is 9.91. The summed E-state index contributed by atoms with van der Waals surface area (Å²) >= 11 is 0. The van der Waals surface area contributed by atoms with Crippen molar-refractivity contribution in [2.75, 3.05) is 6.54 Å². The van der Waals surface area contributed by atoms with Crippen molar-refractivity contribution in [1.82, 2.24) is 5.32 Å². The molecule has 0 radical (unpaired) electrons. The van der Waals surface area contributed by atoms with Crippen LogP contribution in [0.5, 0.6) is 0 Å². The summed E-state index contributed by atoms with van der Waals surface area (Å²) in [5.74, 6) is -0.784. The van der Waals surface area contributed by atoms with Crippen LogP contribution >= 0.6 is 0 Å². The molecule has 4 heteroatoms. The first-order valence-electron chi connectivity index (χ1n) is 6.39.